The van der Waals surface area contributed by atoms with E-state index in [1.54, 1.807) is 0 Å². The Kier molecular flexibility index (Phi) is 5.10. The number of carbonyl (C=O) groups excluding carboxylic acids is 1. The summed E-state index contributed by atoms with van der Waals surface area (Å²) < 4.78 is 0. The van der Waals surface area contributed by atoms with Gasteiger partial charge in [-0.25, -0.2) is 0 Å². The van der Waals surface area contributed by atoms with Crippen molar-refractivity contribution in [1.29, 1.82) is 0 Å². The van der Waals surface area contributed by atoms with Crippen molar-refractivity contribution in [2.24, 2.45) is 46.3 Å². The van der Waals surface area contributed by atoms with Crippen LogP contribution in [-0.4, -0.2) is 28.9 Å². The predicted octanol–water partition coefficient (Wildman–Crippen LogP) is 6.07. The van der Waals surface area contributed by atoms with Gasteiger partial charge in [0, 0.05) is 31.9 Å². The fourth-order valence-corrected chi connectivity index (χ4v) is 8.97. The molecule has 9 atom stereocenters. The smallest absolute Gasteiger partial charge is 0.222 e. The van der Waals surface area contributed by atoms with Crippen LogP contribution in [-0.2, 0) is 4.79 Å². The molecule has 0 spiro atoms. The highest BCUT2D eigenvalue weighted by atomic mass is 16.2. The van der Waals surface area contributed by atoms with Gasteiger partial charge in [0.15, 0.2) is 0 Å². The Bertz CT molecular complexity index is 865. The molecule has 0 N–H and O–H groups in total. The van der Waals surface area contributed by atoms with Gasteiger partial charge in [0.1, 0.15) is 0 Å². The van der Waals surface area contributed by atoms with E-state index in [4.69, 9.17) is 0 Å². The van der Waals surface area contributed by atoms with Gasteiger partial charge in [0.2, 0.25) is 5.91 Å². The highest BCUT2D eigenvalue weighted by Crippen LogP contribution is 2.68. The molecule has 3 aliphatic carbocycles. The number of fused-ring (bicyclic) bond motifs is 5. The zero-order chi connectivity index (χ0) is 22.0. The van der Waals surface area contributed by atoms with Gasteiger partial charge >= 0.3 is 0 Å². The molecule has 3 saturated carbocycles. The number of rotatable bonds is 2. The largest absolute Gasteiger partial charge is 0.342 e. The van der Waals surface area contributed by atoms with Crippen molar-refractivity contribution in [3.05, 3.63) is 36.2 Å². The number of likely N-dealkylation sites (tertiary alicyclic amines) is 1. The first kappa shape index (κ1) is 21.2. The molecule has 1 saturated heterocycles. The molecule has 1 amide bonds. The van der Waals surface area contributed by atoms with E-state index in [-0.39, 0.29) is 0 Å². The predicted molar refractivity (Wildman–Crippen MR) is 126 cm³/mol. The van der Waals surface area contributed by atoms with E-state index >= 15 is 0 Å². The average molecular weight is 421 g/mol. The van der Waals surface area contributed by atoms with E-state index in [1.807, 2.05) is 18.5 Å². The van der Waals surface area contributed by atoms with Gasteiger partial charge in [-0.1, -0.05) is 45.9 Å². The van der Waals surface area contributed by atoms with Crippen molar-refractivity contribution in [2.45, 2.75) is 72.3 Å². The quantitative estimate of drug-likeness (QED) is 0.582. The van der Waals surface area contributed by atoms with Crippen LogP contribution in [0.2, 0.25) is 0 Å². The molecule has 4 aliphatic rings. The maximum atomic E-state index is 12.5. The molecule has 0 aromatic carbocycles. The Balaban J connectivity index is 1.44. The molecule has 1 aliphatic heterocycles. The first-order valence-corrected chi connectivity index (χ1v) is 12.6. The average Bonchev–Trinajstić information content (AvgIpc) is 3.01. The molecule has 3 heteroatoms. The van der Waals surface area contributed by atoms with Gasteiger partial charge in [0.05, 0.1) is 0 Å². The first-order chi connectivity index (χ1) is 14.8. The van der Waals surface area contributed by atoms with Crippen LogP contribution in [0.25, 0.3) is 6.08 Å². The Morgan fingerprint density at radius 1 is 1.10 bits per heavy atom. The zero-order valence-corrected chi connectivity index (χ0v) is 20.1. The summed E-state index contributed by atoms with van der Waals surface area (Å²) in [6, 6.07) is 4.62. The van der Waals surface area contributed by atoms with Crippen LogP contribution < -0.4 is 0 Å². The molecule has 168 valence electrons. The van der Waals surface area contributed by atoms with Crippen molar-refractivity contribution in [2.75, 3.05) is 7.05 Å². The summed E-state index contributed by atoms with van der Waals surface area (Å²) in [4.78, 5) is 18.9. The normalized spacial score (nSPS) is 47.2. The molecule has 3 nitrogen and oxygen atoms in total. The van der Waals surface area contributed by atoms with Crippen molar-refractivity contribution >= 4 is 12.0 Å². The monoisotopic (exact) mass is 420 g/mol. The highest BCUT2D eigenvalue weighted by Gasteiger charge is 2.63. The number of pyridine rings is 1. The summed E-state index contributed by atoms with van der Waals surface area (Å²) in [6.45, 7) is 10.1. The lowest BCUT2D eigenvalue weighted by Crippen LogP contribution is -2.63. The van der Waals surface area contributed by atoms with Crippen LogP contribution in [0.5, 0.6) is 0 Å². The van der Waals surface area contributed by atoms with Crippen molar-refractivity contribution in [1.82, 2.24) is 9.88 Å². The molecule has 2 heterocycles. The SMILES string of the molecule is CC1C[C@H]2N(C)C(=O)CC[C@]2(C)[C@H]2CC[C@]3(C)[C@@H](/C=C\c4cccnc4)C(C)C[C@H]3[C@H]12. The Morgan fingerprint density at radius 3 is 2.65 bits per heavy atom. The molecule has 1 aromatic rings. The minimum absolute atomic E-state index is 0.300. The zero-order valence-electron chi connectivity index (χ0n) is 20.1. The number of amides is 1. The summed E-state index contributed by atoms with van der Waals surface area (Å²) in [6.07, 6.45) is 15.7. The number of hydrogen-bond donors (Lipinski definition) is 0. The summed E-state index contributed by atoms with van der Waals surface area (Å²) >= 11 is 0. The number of allylic oxidation sites excluding steroid dienone is 1. The van der Waals surface area contributed by atoms with Crippen LogP contribution in [0.4, 0.5) is 0 Å². The molecule has 5 rings (SSSR count). The molecule has 1 aromatic heterocycles. The number of piperidine rings is 1. The molecule has 0 bridgehead atoms. The fourth-order valence-electron chi connectivity index (χ4n) is 8.97. The summed E-state index contributed by atoms with van der Waals surface area (Å²) in [7, 11) is 2.07. The maximum Gasteiger partial charge on any atom is 0.222 e. The molecular weight excluding hydrogens is 380 g/mol. The maximum absolute atomic E-state index is 12.5. The minimum atomic E-state index is 0.300. The first-order valence-electron chi connectivity index (χ1n) is 12.6. The molecule has 0 radical (unpaired) electrons. The second-order valence-corrected chi connectivity index (χ2v) is 12.0. The van der Waals surface area contributed by atoms with Crippen LogP contribution in [0.15, 0.2) is 30.6 Å². The lowest BCUT2D eigenvalue weighted by molar-refractivity contribution is -0.165. The molecule has 4 fully saturated rings. The lowest BCUT2D eigenvalue weighted by Gasteiger charge is -2.63. The van der Waals surface area contributed by atoms with E-state index in [1.165, 1.54) is 31.2 Å². The lowest BCUT2D eigenvalue weighted by atomic mass is 9.44. The minimum Gasteiger partial charge on any atom is -0.342 e. The van der Waals surface area contributed by atoms with Crippen LogP contribution in [0.1, 0.15) is 71.8 Å². The standard InChI is InChI=1S/C28H40N2O/c1-18-15-23-26-19(2)16-24-28(4,13-11-25(31)30(24)5)22(26)10-12-27(23,3)21(18)9-8-20-7-6-14-29-17-20/h6-9,14,17-19,21-24,26H,10-13,15-16H2,1-5H3/b9-8-/t18?,19?,21-,22-,23-,24+,26+,27+,28+/m0/s1. The van der Waals surface area contributed by atoms with E-state index < -0.39 is 0 Å². The second kappa shape index (κ2) is 7.46. The van der Waals surface area contributed by atoms with Crippen LogP contribution in [0.3, 0.4) is 0 Å². The fraction of sp³-hybridized carbons (Fsp3) is 0.714. The second-order valence-electron chi connectivity index (χ2n) is 12.0. The van der Waals surface area contributed by atoms with Crippen molar-refractivity contribution in [3.63, 3.8) is 0 Å². The van der Waals surface area contributed by atoms with E-state index in [0.29, 0.717) is 34.6 Å². The van der Waals surface area contributed by atoms with Crippen LogP contribution in [0, 0.1) is 46.3 Å². The Morgan fingerprint density at radius 2 is 1.90 bits per heavy atom. The third-order valence-corrected chi connectivity index (χ3v) is 10.5. The van der Waals surface area contributed by atoms with E-state index in [0.717, 1.165) is 36.5 Å². The van der Waals surface area contributed by atoms with Crippen molar-refractivity contribution < 1.29 is 4.79 Å². The van der Waals surface area contributed by atoms with E-state index in [9.17, 15) is 4.79 Å². The third-order valence-electron chi connectivity index (χ3n) is 10.5. The number of hydrogen-bond acceptors (Lipinski definition) is 2. The Labute approximate surface area is 188 Å². The molecular formula is C28H40N2O. The van der Waals surface area contributed by atoms with Gasteiger partial charge in [-0.15, -0.1) is 0 Å². The van der Waals surface area contributed by atoms with Crippen LogP contribution >= 0.6 is 0 Å². The van der Waals surface area contributed by atoms with Crippen molar-refractivity contribution in [3.8, 4) is 0 Å². The van der Waals surface area contributed by atoms with Gasteiger partial charge in [-0.2, -0.15) is 0 Å². The molecule has 31 heavy (non-hydrogen) atoms. The topological polar surface area (TPSA) is 33.2 Å². The number of carbonyl (C=O) groups is 1. The third kappa shape index (κ3) is 3.13. The number of nitrogens with zero attached hydrogens (tertiary/aromatic N) is 2. The summed E-state index contributed by atoms with van der Waals surface area (Å²) in [5.74, 6) is 4.82. The highest BCUT2D eigenvalue weighted by molar-refractivity contribution is 5.77. The van der Waals surface area contributed by atoms with Gasteiger partial charge in [-0.05, 0) is 90.1 Å². The molecule has 2 unspecified atom stereocenters. The summed E-state index contributed by atoms with van der Waals surface area (Å²) in [5.41, 5.74) is 1.91. The van der Waals surface area contributed by atoms with Gasteiger partial charge in [-0.3, -0.25) is 9.78 Å². The Hall–Kier alpha value is -1.64. The number of aromatic nitrogens is 1. The van der Waals surface area contributed by atoms with Gasteiger partial charge in [0.25, 0.3) is 0 Å². The van der Waals surface area contributed by atoms with Gasteiger partial charge < -0.3 is 4.90 Å². The van der Waals surface area contributed by atoms with E-state index in [2.05, 4.69) is 62.8 Å². The summed E-state index contributed by atoms with van der Waals surface area (Å²) in [5, 5.41) is 0.